The molecule has 1 atom stereocenters. The van der Waals surface area contributed by atoms with Gasteiger partial charge in [0.25, 0.3) is 11.8 Å². The number of ether oxygens (including phenoxy) is 1. The zero-order chi connectivity index (χ0) is 22.6. The van der Waals surface area contributed by atoms with E-state index in [2.05, 4.69) is 20.7 Å². The van der Waals surface area contributed by atoms with Crippen molar-refractivity contribution in [2.24, 2.45) is 5.10 Å². The van der Waals surface area contributed by atoms with E-state index in [1.54, 1.807) is 30.5 Å². The molecule has 1 heterocycles. The summed E-state index contributed by atoms with van der Waals surface area (Å²) < 4.78 is 5.43. The van der Waals surface area contributed by atoms with E-state index in [4.69, 9.17) is 16.3 Å². The van der Waals surface area contributed by atoms with Crippen molar-refractivity contribution in [2.75, 3.05) is 32.8 Å². The van der Waals surface area contributed by atoms with Crippen LogP contribution in [-0.4, -0.2) is 61.8 Å². The minimum atomic E-state index is -0.291. The molecule has 0 spiro atoms. The van der Waals surface area contributed by atoms with Crippen LogP contribution < -0.4 is 10.7 Å². The van der Waals surface area contributed by atoms with Crippen molar-refractivity contribution in [1.29, 1.82) is 0 Å². The third kappa shape index (κ3) is 7.75. The Morgan fingerprint density at radius 2 is 1.88 bits per heavy atom. The molecule has 2 amide bonds. The molecule has 8 heteroatoms. The first-order valence-corrected chi connectivity index (χ1v) is 11.2. The highest BCUT2D eigenvalue weighted by atomic mass is 35.5. The van der Waals surface area contributed by atoms with Gasteiger partial charge in [0.15, 0.2) is 0 Å². The van der Waals surface area contributed by atoms with Gasteiger partial charge in [0.2, 0.25) is 0 Å². The standard InChI is InChI=1S/C24H29ClN4O3/c25-21-10-6-7-19(17-21)18-27-28-24(31)22(29-13-15-32-16-14-29)11-4-5-12-26-23(30)20-8-2-1-3-9-20/h1-3,6-10,17-18,22H,4-5,11-16H2,(H,26,30)(H,28,31)/b27-18+/t22-/m0/s1. The average Bonchev–Trinajstić information content (AvgIpc) is 2.82. The summed E-state index contributed by atoms with van der Waals surface area (Å²) in [5.74, 6) is -0.220. The van der Waals surface area contributed by atoms with Gasteiger partial charge in [0.1, 0.15) is 0 Å². The van der Waals surface area contributed by atoms with Crippen LogP contribution in [0.2, 0.25) is 5.02 Å². The molecule has 1 saturated heterocycles. The van der Waals surface area contributed by atoms with E-state index in [0.717, 1.165) is 18.4 Å². The molecule has 2 aromatic rings. The smallest absolute Gasteiger partial charge is 0.257 e. The summed E-state index contributed by atoms with van der Waals surface area (Å²) in [6.07, 6.45) is 3.86. The number of benzene rings is 2. The van der Waals surface area contributed by atoms with Crippen LogP contribution in [-0.2, 0) is 9.53 Å². The molecule has 0 radical (unpaired) electrons. The second kappa shape index (κ2) is 13.0. The second-order valence-corrected chi connectivity index (χ2v) is 8.01. The summed E-state index contributed by atoms with van der Waals surface area (Å²) in [5, 5.41) is 7.65. The van der Waals surface area contributed by atoms with Crippen LogP contribution >= 0.6 is 11.6 Å². The van der Waals surface area contributed by atoms with Crippen molar-refractivity contribution in [3.05, 3.63) is 70.7 Å². The molecule has 3 rings (SSSR count). The monoisotopic (exact) mass is 456 g/mol. The predicted octanol–water partition coefficient (Wildman–Crippen LogP) is 3.09. The molecule has 7 nitrogen and oxygen atoms in total. The Balaban J connectivity index is 1.47. The molecular formula is C24H29ClN4O3. The Kier molecular flexibility index (Phi) is 9.68. The number of unbranched alkanes of at least 4 members (excludes halogenated alkanes) is 1. The molecular weight excluding hydrogens is 428 g/mol. The summed E-state index contributed by atoms with van der Waals surface area (Å²) in [4.78, 5) is 27.1. The number of hydrogen-bond acceptors (Lipinski definition) is 5. The molecule has 170 valence electrons. The van der Waals surface area contributed by atoms with Gasteiger partial charge in [-0.05, 0) is 49.1 Å². The molecule has 0 unspecified atom stereocenters. The van der Waals surface area contributed by atoms with Gasteiger partial charge in [-0.25, -0.2) is 5.43 Å². The molecule has 2 aromatic carbocycles. The Bertz CT molecular complexity index is 901. The van der Waals surface area contributed by atoms with Gasteiger partial charge in [-0.2, -0.15) is 5.10 Å². The van der Waals surface area contributed by atoms with Crippen LogP contribution in [0.4, 0.5) is 0 Å². The minimum Gasteiger partial charge on any atom is -0.379 e. The topological polar surface area (TPSA) is 83.0 Å². The normalized spacial score (nSPS) is 15.4. The van der Waals surface area contributed by atoms with Crippen molar-refractivity contribution in [1.82, 2.24) is 15.6 Å². The SMILES string of the molecule is O=C(NCCCC[C@@H](C(=O)N/N=C/c1cccc(Cl)c1)N1CCOCC1)c1ccccc1. The zero-order valence-corrected chi connectivity index (χ0v) is 18.8. The quantitative estimate of drug-likeness (QED) is 0.327. The average molecular weight is 457 g/mol. The van der Waals surface area contributed by atoms with Crippen molar-refractivity contribution < 1.29 is 14.3 Å². The summed E-state index contributed by atoms with van der Waals surface area (Å²) in [7, 11) is 0. The van der Waals surface area contributed by atoms with E-state index >= 15 is 0 Å². The van der Waals surface area contributed by atoms with Gasteiger partial charge in [-0.1, -0.05) is 41.9 Å². The molecule has 0 aliphatic carbocycles. The van der Waals surface area contributed by atoms with E-state index in [1.807, 2.05) is 30.3 Å². The molecule has 0 bridgehead atoms. The summed E-state index contributed by atoms with van der Waals surface area (Å²) >= 11 is 5.98. The lowest BCUT2D eigenvalue weighted by atomic mass is 10.1. The Morgan fingerprint density at radius 3 is 2.62 bits per heavy atom. The lowest BCUT2D eigenvalue weighted by molar-refractivity contribution is -0.128. The first kappa shape index (κ1) is 23.9. The lowest BCUT2D eigenvalue weighted by Crippen LogP contribution is -2.50. The fraction of sp³-hybridized carbons (Fsp3) is 0.375. The van der Waals surface area contributed by atoms with Crippen molar-refractivity contribution in [2.45, 2.75) is 25.3 Å². The number of carbonyl (C=O) groups is 2. The van der Waals surface area contributed by atoms with E-state index in [0.29, 0.717) is 49.9 Å². The van der Waals surface area contributed by atoms with Gasteiger partial charge in [-0.15, -0.1) is 0 Å². The molecule has 1 aliphatic rings. The van der Waals surface area contributed by atoms with Gasteiger partial charge in [0.05, 0.1) is 25.5 Å². The van der Waals surface area contributed by atoms with Crippen molar-refractivity contribution >= 4 is 29.6 Å². The highest BCUT2D eigenvalue weighted by Crippen LogP contribution is 2.12. The van der Waals surface area contributed by atoms with E-state index < -0.39 is 0 Å². The largest absolute Gasteiger partial charge is 0.379 e. The number of carbonyl (C=O) groups excluding carboxylic acids is 2. The van der Waals surface area contributed by atoms with Gasteiger partial charge >= 0.3 is 0 Å². The van der Waals surface area contributed by atoms with Crippen molar-refractivity contribution in [3.8, 4) is 0 Å². The van der Waals surface area contributed by atoms with Gasteiger partial charge in [0, 0.05) is 30.2 Å². The number of hydrogen-bond donors (Lipinski definition) is 2. The highest BCUT2D eigenvalue weighted by molar-refractivity contribution is 6.30. The molecule has 2 N–H and O–H groups in total. The number of nitrogens with one attached hydrogen (secondary N) is 2. The Labute approximate surface area is 193 Å². The van der Waals surface area contributed by atoms with E-state index in [9.17, 15) is 9.59 Å². The highest BCUT2D eigenvalue weighted by Gasteiger charge is 2.26. The van der Waals surface area contributed by atoms with Crippen molar-refractivity contribution in [3.63, 3.8) is 0 Å². The zero-order valence-electron chi connectivity index (χ0n) is 18.0. The maximum atomic E-state index is 12.9. The van der Waals surface area contributed by atoms with E-state index in [1.165, 1.54) is 0 Å². The van der Waals surface area contributed by atoms with Crippen LogP contribution in [0.25, 0.3) is 0 Å². The third-order valence-electron chi connectivity index (χ3n) is 5.25. The van der Waals surface area contributed by atoms with Gasteiger partial charge < -0.3 is 10.1 Å². The lowest BCUT2D eigenvalue weighted by Gasteiger charge is -2.33. The number of rotatable bonds is 10. The first-order valence-electron chi connectivity index (χ1n) is 10.9. The third-order valence-corrected chi connectivity index (χ3v) is 5.49. The predicted molar refractivity (Wildman–Crippen MR) is 126 cm³/mol. The number of amides is 2. The van der Waals surface area contributed by atoms with Crippen LogP contribution in [0.5, 0.6) is 0 Å². The minimum absolute atomic E-state index is 0.0802. The molecule has 0 saturated carbocycles. The maximum absolute atomic E-state index is 12.9. The Morgan fingerprint density at radius 1 is 1.09 bits per heavy atom. The maximum Gasteiger partial charge on any atom is 0.257 e. The molecule has 32 heavy (non-hydrogen) atoms. The number of nitrogens with zero attached hydrogens (tertiary/aromatic N) is 2. The number of hydrazone groups is 1. The summed E-state index contributed by atoms with van der Waals surface area (Å²) in [5.41, 5.74) is 4.13. The van der Waals surface area contributed by atoms with Crippen LogP contribution in [0.1, 0.15) is 35.2 Å². The fourth-order valence-corrected chi connectivity index (χ4v) is 3.76. The number of morpholine rings is 1. The first-order chi connectivity index (χ1) is 15.6. The number of halogens is 1. The van der Waals surface area contributed by atoms with E-state index in [-0.39, 0.29) is 17.9 Å². The van der Waals surface area contributed by atoms with Crippen LogP contribution in [0, 0.1) is 0 Å². The summed E-state index contributed by atoms with van der Waals surface area (Å²) in [6.45, 7) is 3.21. The Hall–Kier alpha value is -2.74. The molecule has 0 aromatic heterocycles. The fourth-order valence-electron chi connectivity index (χ4n) is 3.56. The van der Waals surface area contributed by atoms with Gasteiger partial charge in [-0.3, -0.25) is 14.5 Å². The van der Waals surface area contributed by atoms with Crippen LogP contribution in [0.3, 0.4) is 0 Å². The second-order valence-electron chi connectivity index (χ2n) is 7.57. The summed E-state index contributed by atoms with van der Waals surface area (Å²) in [6, 6.07) is 16.1. The molecule has 1 aliphatic heterocycles. The van der Waals surface area contributed by atoms with Crippen LogP contribution in [0.15, 0.2) is 59.7 Å². The molecule has 1 fully saturated rings.